The third kappa shape index (κ3) is 4.21. The summed E-state index contributed by atoms with van der Waals surface area (Å²) in [7, 11) is -3.35. The summed E-state index contributed by atoms with van der Waals surface area (Å²) in [6.07, 6.45) is 4.95. The highest BCUT2D eigenvalue weighted by molar-refractivity contribution is 7.89. The van der Waals surface area contributed by atoms with Gasteiger partial charge < -0.3 is 0 Å². The summed E-state index contributed by atoms with van der Waals surface area (Å²) in [5, 5.41) is 0. The van der Waals surface area contributed by atoms with Crippen molar-refractivity contribution in [2.75, 3.05) is 19.0 Å². The number of aryl methyl sites for hydroxylation is 1. The number of alkyl halides is 1. The van der Waals surface area contributed by atoms with Gasteiger partial charge in [-0.15, -0.1) is 11.6 Å². The van der Waals surface area contributed by atoms with Crippen LogP contribution >= 0.6 is 11.6 Å². The summed E-state index contributed by atoms with van der Waals surface area (Å²) >= 11 is 5.79. The zero-order chi connectivity index (χ0) is 15.3. The number of rotatable bonds is 6. The zero-order valence-corrected chi connectivity index (χ0v) is 14.2. The van der Waals surface area contributed by atoms with Crippen LogP contribution in [0.15, 0.2) is 29.2 Å². The number of halogens is 1. The van der Waals surface area contributed by atoms with Gasteiger partial charge in [0.25, 0.3) is 0 Å². The molecule has 0 radical (unpaired) electrons. The number of hydrogen-bond acceptors (Lipinski definition) is 2. The minimum atomic E-state index is -3.35. The molecule has 1 fully saturated rings. The Bertz CT molecular complexity index is 540. The molecule has 1 saturated heterocycles. The van der Waals surface area contributed by atoms with Crippen molar-refractivity contribution in [1.29, 1.82) is 0 Å². The van der Waals surface area contributed by atoms with Gasteiger partial charge in [-0.25, -0.2) is 8.42 Å². The predicted molar refractivity (Wildman–Crippen MR) is 87.3 cm³/mol. The Morgan fingerprint density at radius 3 is 2.62 bits per heavy atom. The Morgan fingerprint density at radius 1 is 1.29 bits per heavy atom. The van der Waals surface area contributed by atoms with Gasteiger partial charge in [0.05, 0.1) is 4.90 Å². The summed E-state index contributed by atoms with van der Waals surface area (Å²) in [5.74, 6) is 0.995. The molecule has 0 saturated carbocycles. The van der Waals surface area contributed by atoms with E-state index in [1.165, 1.54) is 5.56 Å². The largest absolute Gasteiger partial charge is 0.243 e. The minimum Gasteiger partial charge on any atom is -0.207 e. The van der Waals surface area contributed by atoms with Gasteiger partial charge in [0.15, 0.2) is 0 Å². The number of benzene rings is 1. The van der Waals surface area contributed by atoms with E-state index < -0.39 is 10.0 Å². The highest BCUT2D eigenvalue weighted by atomic mass is 35.5. The van der Waals surface area contributed by atoms with Crippen LogP contribution in [0.1, 0.15) is 38.2 Å². The van der Waals surface area contributed by atoms with E-state index in [0.717, 1.165) is 32.1 Å². The smallest absolute Gasteiger partial charge is 0.207 e. The third-order valence-electron chi connectivity index (χ3n) is 4.10. The van der Waals surface area contributed by atoms with E-state index in [1.54, 1.807) is 16.4 Å². The average Bonchev–Trinajstić information content (AvgIpc) is 2.49. The summed E-state index contributed by atoms with van der Waals surface area (Å²) in [6.45, 7) is 3.35. The van der Waals surface area contributed by atoms with Crippen LogP contribution in [0.4, 0.5) is 0 Å². The van der Waals surface area contributed by atoms with Crippen molar-refractivity contribution >= 4 is 21.6 Å². The molecule has 1 heterocycles. The van der Waals surface area contributed by atoms with Gasteiger partial charge >= 0.3 is 0 Å². The van der Waals surface area contributed by atoms with Gasteiger partial charge in [-0.2, -0.15) is 4.31 Å². The molecule has 1 aromatic rings. The number of nitrogens with zero attached hydrogens (tertiary/aromatic N) is 1. The first-order chi connectivity index (χ1) is 10.1. The molecular weight excluding hydrogens is 306 g/mol. The second kappa shape index (κ2) is 7.61. The lowest BCUT2D eigenvalue weighted by atomic mass is 9.97. The Morgan fingerprint density at radius 2 is 2.00 bits per heavy atom. The molecule has 1 aliphatic heterocycles. The number of piperidine rings is 1. The number of hydrogen-bond donors (Lipinski definition) is 0. The molecule has 118 valence electrons. The van der Waals surface area contributed by atoms with Crippen LogP contribution in [0.25, 0.3) is 0 Å². The predicted octanol–water partition coefficient (Wildman–Crippen LogP) is 3.67. The third-order valence-corrected chi connectivity index (χ3v) is 6.20. The maximum atomic E-state index is 12.7. The fraction of sp³-hybridized carbons (Fsp3) is 0.625. The fourth-order valence-electron chi connectivity index (χ4n) is 2.90. The second-order valence-corrected chi connectivity index (χ2v) is 8.06. The molecule has 0 N–H and O–H groups in total. The molecule has 1 unspecified atom stereocenters. The summed E-state index contributed by atoms with van der Waals surface area (Å²) < 4.78 is 27.0. The first-order valence-electron chi connectivity index (χ1n) is 7.73. The van der Waals surface area contributed by atoms with Gasteiger partial charge in [-0.05, 0) is 49.3 Å². The SMILES string of the molecule is CCCc1ccc(S(=O)(=O)N2CCCC(CCCl)C2)cc1. The lowest BCUT2D eigenvalue weighted by molar-refractivity contribution is 0.262. The quantitative estimate of drug-likeness (QED) is 0.747. The van der Waals surface area contributed by atoms with Gasteiger partial charge in [0, 0.05) is 19.0 Å². The molecule has 0 amide bonds. The van der Waals surface area contributed by atoms with Crippen LogP contribution in [0, 0.1) is 5.92 Å². The first kappa shape index (κ1) is 16.8. The maximum absolute atomic E-state index is 12.7. The van der Waals surface area contributed by atoms with Crippen LogP contribution in [-0.4, -0.2) is 31.7 Å². The zero-order valence-electron chi connectivity index (χ0n) is 12.6. The van der Waals surface area contributed by atoms with Crippen molar-refractivity contribution in [2.24, 2.45) is 5.92 Å². The van der Waals surface area contributed by atoms with Crippen molar-refractivity contribution < 1.29 is 8.42 Å². The maximum Gasteiger partial charge on any atom is 0.243 e. The minimum absolute atomic E-state index is 0.394. The molecule has 0 bridgehead atoms. The van der Waals surface area contributed by atoms with Gasteiger partial charge in [-0.1, -0.05) is 25.5 Å². The van der Waals surface area contributed by atoms with E-state index in [4.69, 9.17) is 11.6 Å². The van der Waals surface area contributed by atoms with E-state index in [2.05, 4.69) is 6.92 Å². The molecule has 0 spiro atoms. The molecule has 21 heavy (non-hydrogen) atoms. The monoisotopic (exact) mass is 329 g/mol. The van der Waals surface area contributed by atoms with Crippen LogP contribution in [0.5, 0.6) is 0 Å². The second-order valence-electron chi connectivity index (χ2n) is 5.74. The molecule has 3 nitrogen and oxygen atoms in total. The van der Waals surface area contributed by atoms with Crippen LogP contribution in [0.2, 0.25) is 0 Å². The Hall–Kier alpha value is -0.580. The van der Waals surface area contributed by atoms with E-state index in [1.807, 2.05) is 12.1 Å². The topological polar surface area (TPSA) is 37.4 Å². The fourth-order valence-corrected chi connectivity index (χ4v) is 4.76. The molecule has 0 aliphatic carbocycles. The molecule has 1 aromatic carbocycles. The van der Waals surface area contributed by atoms with E-state index in [9.17, 15) is 8.42 Å². The van der Waals surface area contributed by atoms with Crippen LogP contribution < -0.4 is 0 Å². The molecule has 2 rings (SSSR count). The van der Waals surface area contributed by atoms with Crippen LogP contribution in [-0.2, 0) is 16.4 Å². The summed E-state index contributed by atoms with van der Waals surface area (Å²) in [5.41, 5.74) is 1.19. The standard InChI is InChI=1S/C16H24ClNO2S/c1-2-4-14-6-8-16(9-7-14)21(19,20)18-12-3-5-15(13-18)10-11-17/h6-9,15H,2-5,10-13H2,1H3. The van der Waals surface area contributed by atoms with Gasteiger partial charge in [-0.3, -0.25) is 0 Å². The van der Waals surface area contributed by atoms with E-state index in [0.29, 0.717) is 29.8 Å². The highest BCUT2D eigenvalue weighted by Crippen LogP contribution is 2.26. The highest BCUT2D eigenvalue weighted by Gasteiger charge is 2.29. The Balaban J connectivity index is 2.13. The van der Waals surface area contributed by atoms with Gasteiger partial charge in [0.1, 0.15) is 0 Å². The Labute approximate surface area is 133 Å². The average molecular weight is 330 g/mol. The molecule has 1 aliphatic rings. The summed E-state index contributed by atoms with van der Waals surface area (Å²) in [6, 6.07) is 7.34. The normalized spacial score (nSPS) is 20.6. The lowest BCUT2D eigenvalue weighted by Gasteiger charge is -2.31. The first-order valence-corrected chi connectivity index (χ1v) is 9.70. The van der Waals surface area contributed by atoms with Crippen molar-refractivity contribution in [3.63, 3.8) is 0 Å². The van der Waals surface area contributed by atoms with Crippen molar-refractivity contribution in [2.45, 2.75) is 43.9 Å². The van der Waals surface area contributed by atoms with Crippen LogP contribution in [0.3, 0.4) is 0 Å². The summed E-state index contributed by atoms with van der Waals surface area (Å²) in [4.78, 5) is 0.411. The van der Waals surface area contributed by atoms with Crippen molar-refractivity contribution in [3.8, 4) is 0 Å². The van der Waals surface area contributed by atoms with E-state index in [-0.39, 0.29) is 0 Å². The number of sulfonamides is 1. The molecule has 0 aromatic heterocycles. The Kier molecular flexibility index (Phi) is 6.08. The lowest BCUT2D eigenvalue weighted by Crippen LogP contribution is -2.40. The molecule has 5 heteroatoms. The van der Waals surface area contributed by atoms with E-state index >= 15 is 0 Å². The molecule has 1 atom stereocenters. The molecular formula is C16H24ClNO2S. The van der Waals surface area contributed by atoms with Gasteiger partial charge in [0.2, 0.25) is 10.0 Å². The van der Waals surface area contributed by atoms with Crippen molar-refractivity contribution in [1.82, 2.24) is 4.31 Å². The van der Waals surface area contributed by atoms with Crippen molar-refractivity contribution in [3.05, 3.63) is 29.8 Å².